The summed E-state index contributed by atoms with van der Waals surface area (Å²) in [6, 6.07) is 15.9. The molecule has 0 saturated heterocycles. The molecule has 3 rings (SSSR count). The maximum Gasteiger partial charge on any atom is -0.00549 e. The summed E-state index contributed by atoms with van der Waals surface area (Å²) in [4.78, 5) is 0. The third-order valence-corrected chi connectivity index (χ3v) is 5.23. The van der Waals surface area contributed by atoms with E-state index in [1.165, 1.54) is 34.2 Å². The fourth-order valence-corrected chi connectivity index (χ4v) is 3.37. The van der Waals surface area contributed by atoms with E-state index in [1.807, 2.05) is 0 Å². The van der Waals surface area contributed by atoms with Crippen molar-refractivity contribution in [3.05, 3.63) is 64.7 Å². The van der Waals surface area contributed by atoms with Crippen LogP contribution in [0.4, 0.5) is 0 Å². The van der Waals surface area contributed by atoms with E-state index in [2.05, 4.69) is 83.2 Å². The van der Waals surface area contributed by atoms with Crippen LogP contribution >= 0.6 is 0 Å². The van der Waals surface area contributed by atoms with Gasteiger partial charge in [-0.3, -0.25) is 0 Å². The standard InChI is InChI=1S/C23H28/c1-6-16(2)19-14-18-8-7-9-21(22(18)15-19)17-10-12-20(13-11-17)23(3,4)5/h7-13,15-16H,6,14H2,1-5H3. The number of benzene rings is 2. The summed E-state index contributed by atoms with van der Waals surface area (Å²) < 4.78 is 0. The Kier molecular flexibility index (Phi) is 4.19. The second kappa shape index (κ2) is 6.00. The quantitative estimate of drug-likeness (QED) is 0.596. The number of hydrogen-bond acceptors (Lipinski definition) is 0. The van der Waals surface area contributed by atoms with Gasteiger partial charge in [-0.15, -0.1) is 0 Å². The van der Waals surface area contributed by atoms with Crippen LogP contribution in [0, 0.1) is 5.92 Å². The van der Waals surface area contributed by atoms with Gasteiger partial charge in [0.05, 0.1) is 0 Å². The van der Waals surface area contributed by atoms with Crippen molar-refractivity contribution in [2.45, 2.75) is 52.9 Å². The van der Waals surface area contributed by atoms with Crippen LogP contribution in [0.1, 0.15) is 57.7 Å². The minimum atomic E-state index is 0.209. The van der Waals surface area contributed by atoms with E-state index in [0.717, 1.165) is 6.42 Å². The predicted molar refractivity (Wildman–Crippen MR) is 102 cm³/mol. The van der Waals surface area contributed by atoms with Crippen LogP contribution in [0.15, 0.2) is 48.0 Å². The lowest BCUT2D eigenvalue weighted by molar-refractivity contribution is 0.590. The number of hydrogen-bond donors (Lipinski definition) is 0. The molecule has 23 heavy (non-hydrogen) atoms. The second-order valence-corrected chi connectivity index (χ2v) is 7.91. The first kappa shape index (κ1) is 16.1. The van der Waals surface area contributed by atoms with E-state index in [9.17, 15) is 0 Å². The van der Waals surface area contributed by atoms with Crippen LogP contribution in [0.3, 0.4) is 0 Å². The molecule has 0 aromatic heterocycles. The highest BCUT2D eigenvalue weighted by atomic mass is 14.2. The molecule has 0 heterocycles. The molecular weight excluding hydrogens is 276 g/mol. The van der Waals surface area contributed by atoms with Crippen molar-refractivity contribution in [1.82, 2.24) is 0 Å². The summed E-state index contributed by atoms with van der Waals surface area (Å²) in [7, 11) is 0. The van der Waals surface area contributed by atoms with E-state index in [4.69, 9.17) is 0 Å². The molecule has 2 aromatic rings. The Morgan fingerprint density at radius 2 is 1.70 bits per heavy atom. The van der Waals surface area contributed by atoms with E-state index >= 15 is 0 Å². The Bertz CT molecular complexity index is 724. The van der Waals surface area contributed by atoms with Crippen molar-refractivity contribution in [3.63, 3.8) is 0 Å². The molecule has 0 aliphatic heterocycles. The van der Waals surface area contributed by atoms with Crippen molar-refractivity contribution < 1.29 is 0 Å². The van der Waals surface area contributed by atoms with Gasteiger partial charge < -0.3 is 0 Å². The summed E-state index contributed by atoms with van der Waals surface area (Å²) >= 11 is 0. The molecule has 0 N–H and O–H groups in total. The molecule has 120 valence electrons. The molecule has 0 bridgehead atoms. The Morgan fingerprint density at radius 1 is 1.00 bits per heavy atom. The first-order valence-corrected chi connectivity index (χ1v) is 8.83. The minimum absolute atomic E-state index is 0.209. The second-order valence-electron chi connectivity index (χ2n) is 7.91. The average molecular weight is 304 g/mol. The summed E-state index contributed by atoms with van der Waals surface area (Å²) in [6.45, 7) is 11.4. The van der Waals surface area contributed by atoms with Crippen molar-refractivity contribution in [3.8, 4) is 11.1 Å². The third kappa shape index (κ3) is 3.13. The van der Waals surface area contributed by atoms with E-state index in [0.29, 0.717) is 5.92 Å². The first-order valence-electron chi connectivity index (χ1n) is 8.83. The molecule has 1 aliphatic carbocycles. The van der Waals surface area contributed by atoms with Crippen molar-refractivity contribution in [1.29, 1.82) is 0 Å². The van der Waals surface area contributed by atoms with Crippen molar-refractivity contribution in [2.24, 2.45) is 5.92 Å². The fourth-order valence-electron chi connectivity index (χ4n) is 3.37. The van der Waals surface area contributed by atoms with Crippen LogP contribution in [-0.4, -0.2) is 0 Å². The Balaban J connectivity index is 2.00. The molecule has 0 saturated carbocycles. The zero-order chi connectivity index (χ0) is 16.6. The molecule has 1 unspecified atom stereocenters. The average Bonchev–Trinajstić information content (AvgIpc) is 2.97. The lowest BCUT2D eigenvalue weighted by Crippen LogP contribution is -2.10. The zero-order valence-electron chi connectivity index (χ0n) is 15.1. The van der Waals surface area contributed by atoms with Gasteiger partial charge in [0.1, 0.15) is 0 Å². The van der Waals surface area contributed by atoms with Crippen molar-refractivity contribution in [2.75, 3.05) is 0 Å². The van der Waals surface area contributed by atoms with Gasteiger partial charge in [0.2, 0.25) is 0 Å². The fraction of sp³-hybridized carbons (Fsp3) is 0.391. The van der Waals surface area contributed by atoms with Gasteiger partial charge in [-0.1, -0.05) is 88.7 Å². The molecule has 0 radical (unpaired) electrons. The Hall–Kier alpha value is -1.82. The van der Waals surface area contributed by atoms with Crippen molar-refractivity contribution >= 4 is 6.08 Å². The molecule has 0 amide bonds. The summed E-state index contributed by atoms with van der Waals surface area (Å²) in [5.74, 6) is 0.679. The summed E-state index contributed by atoms with van der Waals surface area (Å²) in [5, 5.41) is 0. The highest BCUT2D eigenvalue weighted by Crippen LogP contribution is 2.37. The normalized spacial score (nSPS) is 15.3. The lowest BCUT2D eigenvalue weighted by atomic mass is 9.86. The highest BCUT2D eigenvalue weighted by Gasteiger charge is 2.20. The SMILES string of the molecule is CCC(C)C1=Cc2c(cccc2-c2ccc(C(C)(C)C)cc2)C1. The maximum absolute atomic E-state index is 2.44. The molecule has 2 aromatic carbocycles. The number of rotatable bonds is 3. The van der Waals surface area contributed by atoms with Crippen LogP contribution < -0.4 is 0 Å². The molecule has 0 heteroatoms. The summed E-state index contributed by atoms with van der Waals surface area (Å²) in [6.07, 6.45) is 4.78. The van der Waals surface area contributed by atoms with Gasteiger partial charge in [-0.05, 0) is 52.0 Å². The highest BCUT2D eigenvalue weighted by molar-refractivity contribution is 5.81. The van der Waals surface area contributed by atoms with Crippen LogP contribution in [0.25, 0.3) is 17.2 Å². The van der Waals surface area contributed by atoms with Gasteiger partial charge in [0.25, 0.3) is 0 Å². The number of allylic oxidation sites excluding steroid dienone is 1. The zero-order valence-corrected chi connectivity index (χ0v) is 15.1. The van der Waals surface area contributed by atoms with E-state index in [-0.39, 0.29) is 5.41 Å². The molecule has 1 aliphatic rings. The summed E-state index contributed by atoms with van der Waals surface area (Å²) in [5.41, 5.74) is 8.81. The molecule has 0 nitrogen and oxygen atoms in total. The third-order valence-electron chi connectivity index (χ3n) is 5.23. The smallest absolute Gasteiger partial charge is 0.00549 e. The van der Waals surface area contributed by atoms with E-state index in [1.54, 1.807) is 5.57 Å². The largest absolute Gasteiger partial charge is 0.0648 e. The molecule has 0 fully saturated rings. The monoisotopic (exact) mass is 304 g/mol. The first-order chi connectivity index (χ1) is 10.9. The van der Waals surface area contributed by atoms with Gasteiger partial charge in [0.15, 0.2) is 0 Å². The minimum Gasteiger partial charge on any atom is -0.0648 e. The maximum atomic E-state index is 2.44. The van der Waals surface area contributed by atoms with Gasteiger partial charge in [-0.2, -0.15) is 0 Å². The Morgan fingerprint density at radius 3 is 2.30 bits per heavy atom. The molecule has 0 spiro atoms. The van der Waals surface area contributed by atoms with Crippen LogP contribution in [0.5, 0.6) is 0 Å². The van der Waals surface area contributed by atoms with Gasteiger partial charge in [-0.25, -0.2) is 0 Å². The van der Waals surface area contributed by atoms with Crippen LogP contribution in [-0.2, 0) is 11.8 Å². The van der Waals surface area contributed by atoms with Crippen LogP contribution in [0.2, 0.25) is 0 Å². The Labute approximate surface area is 141 Å². The van der Waals surface area contributed by atoms with E-state index < -0.39 is 0 Å². The predicted octanol–water partition coefficient (Wildman–Crippen LogP) is 6.64. The number of fused-ring (bicyclic) bond motifs is 1. The van der Waals surface area contributed by atoms with Gasteiger partial charge in [0, 0.05) is 0 Å². The molecule has 1 atom stereocenters. The lowest BCUT2D eigenvalue weighted by Gasteiger charge is -2.19. The van der Waals surface area contributed by atoms with Gasteiger partial charge >= 0.3 is 0 Å². The topological polar surface area (TPSA) is 0 Å². The molecular formula is C23H28.